The van der Waals surface area contributed by atoms with Crippen LogP contribution in [0.3, 0.4) is 0 Å². The summed E-state index contributed by atoms with van der Waals surface area (Å²) in [6.07, 6.45) is 2.81. The van der Waals surface area contributed by atoms with Crippen molar-refractivity contribution in [3.63, 3.8) is 0 Å². The summed E-state index contributed by atoms with van der Waals surface area (Å²) in [4.78, 5) is 11.2. The Morgan fingerprint density at radius 2 is 1.82 bits per heavy atom. The van der Waals surface area contributed by atoms with E-state index in [0.717, 1.165) is 5.56 Å². The molecule has 0 bridgehead atoms. The summed E-state index contributed by atoms with van der Waals surface area (Å²) in [5.74, 6) is -1.09. The van der Waals surface area contributed by atoms with Crippen LogP contribution in [0.2, 0.25) is 0 Å². The van der Waals surface area contributed by atoms with Crippen molar-refractivity contribution in [3.05, 3.63) is 60.2 Å². The number of hydrogen-bond donors (Lipinski definition) is 1. The van der Waals surface area contributed by atoms with Crippen molar-refractivity contribution in [2.75, 3.05) is 13.2 Å². The first-order valence-electron chi connectivity index (χ1n) is 6.50. The molecule has 1 rings (SSSR count). The van der Waals surface area contributed by atoms with E-state index in [1.807, 2.05) is 0 Å². The number of phosphoric ester groups is 1. The van der Waals surface area contributed by atoms with Gasteiger partial charge in [-0.15, -0.1) is 13.2 Å². The Kier molecular flexibility index (Phi) is 7.21. The third-order valence-electron chi connectivity index (χ3n) is 2.57. The van der Waals surface area contributed by atoms with Gasteiger partial charge in [-0.25, -0.2) is 9.36 Å². The predicted molar refractivity (Wildman–Crippen MR) is 82.8 cm³/mol. The van der Waals surface area contributed by atoms with Crippen molar-refractivity contribution in [2.24, 2.45) is 0 Å². The molecular formula is C15H19O6P. The molecule has 0 saturated carbocycles. The second-order valence-corrected chi connectivity index (χ2v) is 6.02. The Bertz CT molecular complexity index is 580. The summed E-state index contributed by atoms with van der Waals surface area (Å²) in [6, 6.07) is 4.86. The molecule has 1 aromatic carbocycles. The van der Waals surface area contributed by atoms with Gasteiger partial charge in [-0.05, 0) is 18.6 Å². The number of hydrogen-bond acceptors (Lipinski definition) is 5. The van der Waals surface area contributed by atoms with Gasteiger partial charge in [0.25, 0.3) is 0 Å². The fraction of sp³-hybridized carbons (Fsp3) is 0.267. The molecule has 0 aromatic heterocycles. The standard InChI is InChI=1S/C15H19O6P/c1-4-8-19-22(18,20-9-5-2)21-11-13-7-6-12(3)10-14(13)15(16)17/h4-7,10H,1-2,8-9,11H2,3H3,(H,16,17). The van der Waals surface area contributed by atoms with Crippen LogP contribution < -0.4 is 0 Å². The highest BCUT2D eigenvalue weighted by atomic mass is 31.2. The van der Waals surface area contributed by atoms with Gasteiger partial charge in [-0.3, -0.25) is 13.6 Å². The summed E-state index contributed by atoms with van der Waals surface area (Å²) in [5.41, 5.74) is 1.26. The highest BCUT2D eigenvalue weighted by Crippen LogP contribution is 2.50. The highest BCUT2D eigenvalue weighted by Gasteiger charge is 2.26. The van der Waals surface area contributed by atoms with Crippen molar-refractivity contribution >= 4 is 13.8 Å². The topological polar surface area (TPSA) is 82.1 Å². The van der Waals surface area contributed by atoms with E-state index in [4.69, 9.17) is 13.6 Å². The Hall–Kier alpha value is -1.72. The first-order chi connectivity index (χ1) is 10.4. The minimum Gasteiger partial charge on any atom is -0.478 e. The number of phosphoric acid groups is 1. The van der Waals surface area contributed by atoms with E-state index >= 15 is 0 Å². The molecule has 22 heavy (non-hydrogen) atoms. The van der Waals surface area contributed by atoms with Crippen molar-refractivity contribution < 1.29 is 28.0 Å². The van der Waals surface area contributed by atoms with Gasteiger partial charge in [0, 0.05) is 0 Å². The van der Waals surface area contributed by atoms with Crippen molar-refractivity contribution in [1.82, 2.24) is 0 Å². The predicted octanol–water partition coefficient (Wildman–Crippen LogP) is 3.72. The van der Waals surface area contributed by atoms with E-state index in [9.17, 15) is 14.5 Å². The first-order valence-corrected chi connectivity index (χ1v) is 7.96. The van der Waals surface area contributed by atoms with E-state index in [-0.39, 0.29) is 25.4 Å². The molecule has 7 heteroatoms. The second kappa shape index (κ2) is 8.66. The van der Waals surface area contributed by atoms with Crippen molar-refractivity contribution in [3.8, 4) is 0 Å². The van der Waals surface area contributed by atoms with Gasteiger partial charge in [0.15, 0.2) is 0 Å². The van der Waals surface area contributed by atoms with Crippen LogP contribution in [0.15, 0.2) is 43.5 Å². The summed E-state index contributed by atoms with van der Waals surface area (Å²) in [7, 11) is -3.82. The molecule has 0 amide bonds. The molecule has 0 fully saturated rings. The molecular weight excluding hydrogens is 307 g/mol. The molecule has 6 nitrogen and oxygen atoms in total. The van der Waals surface area contributed by atoms with E-state index in [1.165, 1.54) is 18.2 Å². The summed E-state index contributed by atoms with van der Waals surface area (Å²) in [5, 5.41) is 9.19. The van der Waals surface area contributed by atoms with Crippen LogP contribution in [0.5, 0.6) is 0 Å². The molecule has 0 aliphatic heterocycles. The monoisotopic (exact) mass is 326 g/mol. The average Bonchev–Trinajstić information content (AvgIpc) is 2.50. The smallest absolute Gasteiger partial charge is 0.475 e. The molecule has 0 atom stereocenters. The zero-order valence-electron chi connectivity index (χ0n) is 12.4. The zero-order valence-corrected chi connectivity index (χ0v) is 13.3. The Morgan fingerprint density at radius 3 is 2.32 bits per heavy atom. The van der Waals surface area contributed by atoms with Gasteiger partial charge < -0.3 is 5.11 Å². The Balaban J connectivity index is 2.88. The van der Waals surface area contributed by atoms with Crippen LogP contribution in [0.25, 0.3) is 0 Å². The zero-order chi connectivity index (χ0) is 16.6. The molecule has 0 unspecified atom stereocenters. The summed E-state index contributed by atoms with van der Waals surface area (Å²) < 4.78 is 27.6. The van der Waals surface area contributed by atoms with Crippen LogP contribution >= 0.6 is 7.82 Å². The molecule has 0 heterocycles. The minimum absolute atomic E-state index is 0.0197. The van der Waals surface area contributed by atoms with Crippen LogP contribution in [-0.4, -0.2) is 24.3 Å². The SMILES string of the molecule is C=CCOP(=O)(OCC=C)OCc1ccc(C)cc1C(=O)O. The summed E-state index contributed by atoms with van der Waals surface area (Å²) in [6.45, 7) is 8.43. The van der Waals surface area contributed by atoms with Gasteiger partial charge in [0.05, 0.1) is 25.4 Å². The normalized spacial score (nSPS) is 11.1. The lowest BCUT2D eigenvalue weighted by Crippen LogP contribution is -2.06. The van der Waals surface area contributed by atoms with Crippen molar-refractivity contribution in [1.29, 1.82) is 0 Å². The molecule has 1 N–H and O–H groups in total. The number of aryl methyl sites for hydroxylation is 1. The first kappa shape index (κ1) is 18.3. The van der Waals surface area contributed by atoms with Gasteiger partial charge in [-0.2, -0.15) is 0 Å². The molecule has 0 radical (unpaired) electrons. The molecule has 1 aromatic rings. The number of carboxylic acids is 1. The van der Waals surface area contributed by atoms with Crippen LogP contribution in [-0.2, 0) is 24.7 Å². The maximum Gasteiger partial charge on any atom is 0.475 e. The van der Waals surface area contributed by atoms with Gasteiger partial charge >= 0.3 is 13.8 Å². The highest BCUT2D eigenvalue weighted by molar-refractivity contribution is 7.48. The van der Waals surface area contributed by atoms with Crippen LogP contribution in [0, 0.1) is 6.92 Å². The van der Waals surface area contributed by atoms with Crippen LogP contribution in [0.4, 0.5) is 0 Å². The van der Waals surface area contributed by atoms with E-state index in [1.54, 1.807) is 19.1 Å². The Morgan fingerprint density at radius 1 is 1.23 bits per heavy atom. The van der Waals surface area contributed by atoms with E-state index in [0.29, 0.717) is 5.56 Å². The fourth-order valence-electron chi connectivity index (χ4n) is 1.56. The number of carbonyl (C=O) groups is 1. The third kappa shape index (κ3) is 5.58. The largest absolute Gasteiger partial charge is 0.478 e. The molecule has 0 aliphatic rings. The van der Waals surface area contributed by atoms with E-state index in [2.05, 4.69) is 13.2 Å². The lowest BCUT2D eigenvalue weighted by Gasteiger charge is -2.17. The second-order valence-electron chi connectivity index (χ2n) is 4.36. The average molecular weight is 326 g/mol. The third-order valence-corrected chi connectivity index (χ3v) is 3.95. The maximum atomic E-state index is 12.3. The number of aromatic carboxylic acids is 1. The lowest BCUT2D eigenvalue weighted by molar-refractivity contribution is 0.0690. The minimum atomic E-state index is -3.82. The molecule has 0 saturated heterocycles. The lowest BCUT2D eigenvalue weighted by atomic mass is 10.1. The van der Waals surface area contributed by atoms with E-state index < -0.39 is 13.8 Å². The number of carboxylic acid groups (broad SMARTS) is 1. The maximum absolute atomic E-state index is 12.3. The van der Waals surface area contributed by atoms with Crippen molar-refractivity contribution in [2.45, 2.75) is 13.5 Å². The van der Waals surface area contributed by atoms with Gasteiger partial charge in [-0.1, -0.05) is 29.8 Å². The van der Waals surface area contributed by atoms with Gasteiger partial charge in [0.1, 0.15) is 0 Å². The fourth-order valence-corrected chi connectivity index (χ4v) is 2.66. The van der Waals surface area contributed by atoms with Crippen LogP contribution in [0.1, 0.15) is 21.5 Å². The Labute approximate surface area is 129 Å². The molecule has 0 spiro atoms. The number of rotatable bonds is 10. The van der Waals surface area contributed by atoms with Gasteiger partial charge in [0.2, 0.25) is 0 Å². The molecule has 120 valence electrons. The molecule has 0 aliphatic carbocycles. The summed E-state index contributed by atoms with van der Waals surface area (Å²) >= 11 is 0. The number of benzene rings is 1. The quantitative estimate of drug-likeness (QED) is 0.521.